The van der Waals surface area contributed by atoms with E-state index in [1.807, 2.05) is 20.8 Å². The van der Waals surface area contributed by atoms with Crippen LogP contribution in [0.25, 0.3) is 5.65 Å². The number of nitrogens with one attached hydrogen (secondary N) is 3. The summed E-state index contributed by atoms with van der Waals surface area (Å²) in [6, 6.07) is 1.96. The van der Waals surface area contributed by atoms with Crippen LogP contribution < -0.4 is 20.8 Å². The molecule has 1 saturated carbocycles. The van der Waals surface area contributed by atoms with Gasteiger partial charge in [-0.2, -0.15) is 4.57 Å². The third kappa shape index (κ3) is 3.45. The topological polar surface area (TPSA) is 129 Å². The van der Waals surface area contributed by atoms with Crippen LogP contribution in [-0.4, -0.2) is 31.7 Å². The molecule has 0 unspecified atom stereocenters. The fourth-order valence-corrected chi connectivity index (χ4v) is 2.99. The van der Waals surface area contributed by atoms with E-state index in [0.29, 0.717) is 18.0 Å². The molecule has 28 heavy (non-hydrogen) atoms. The number of hydrogen-bond acceptors (Lipinski definition) is 6. The Hall–Kier alpha value is -3.30. The average Bonchev–Trinajstić information content (AvgIpc) is 3.09. The van der Waals surface area contributed by atoms with Crippen LogP contribution in [0.15, 0.2) is 27.7 Å². The van der Waals surface area contributed by atoms with Gasteiger partial charge in [-0.3, -0.25) is 10.1 Å². The zero-order valence-electron chi connectivity index (χ0n) is 15.9. The summed E-state index contributed by atoms with van der Waals surface area (Å²) in [5, 5.41) is 19.4. The highest BCUT2D eigenvalue weighted by molar-refractivity contribution is 5.96. The molecular weight excluding hydrogens is 364 g/mol. The second kappa shape index (κ2) is 6.39. The number of nitrogens with zero attached hydrogens (tertiary/aromatic N) is 3. The number of fused-ring (bicyclic) bond motifs is 1. The SMILES string of the molecule is CC(C)(C)C[n+]1c(O)c(C(=O)NC2CC2)c(=O)n2[nH]c(Nc3ncco3)cc21. The molecule has 0 aromatic carbocycles. The van der Waals surface area contributed by atoms with Crippen molar-refractivity contribution in [3.05, 3.63) is 34.4 Å². The lowest BCUT2D eigenvalue weighted by atomic mass is 9.96. The number of aromatic nitrogens is 4. The maximum absolute atomic E-state index is 13.0. The molecule has 0 radical (unpaired) electrons. The predicted octanol–water partition coefficient (Wildman–Crippen LogP) is 1.29. The van der Waals surface area contributed by atoms with Crippen LogP contribution in [0.2, 0.25) is 0 Å². The lowest BCUT2D eigenvalue weighted by molar-refractivity contribution is -0.692. The number of aromatic hydroxyl groups is 1. The first-order chi connectivity index (χ1) is 13.2. The molecule has 4 rings (SSSR count). The molecule has 3 heterocycles. The molecule has 10 nitrogen and oxygen atoms in total. The number of rotatable bonds is 5. The monoisotopic (exact) mass is 387 g/mol. The molecule has 3 aromatic rings. The second-order valence-electron chi connectivity index (χ2n) is 8.22. The van der Waals surface area contributed by atoms with Crippen LogP contribution in [0, 0.1) is 5.41 Å². The number of oxazole rings is 1. The summed E-state index contributed by atoms with van der Waals surface area (Å²) in [5.41, 5.74) is -0.707. The lowest BCUT2D eigenvalue weighted by Crippen LogP contribution is -2.47. The number of amides is 1. The van der Waals surface area contributed by atoms with Crippen molar-refractivity contribution in [2.75, 3.05) is 5.32 Å². The third-order valence-corrected chi connectivity index (χ3v) is 4.35. The maximum Gasteiger partial charge on any atom is 0.378 e. The summed E-state index contributed by atoms with van der Waals surface area (Å²) in [7, 11) is 0. The van der Waals surface area contributed by atoms with E-state index in [0.717, 1.165) is 12.8 Å². The van der Waals surface area contributed by atoms with Crippen LogP contribution in [0.4, 0.5) is 11.8 Å². The van der Waals surface area contributed by atoms with Crippen molar-refractivity contribution in [3.63, 3.8) is 0 Å². The van der Waals surface area contributed by atoms with E-state index in [1.165, 1.54) is 17.0 Å². The fraction of sp³-hybridized carbons (Fsp3) is 0.444. The maximum atomic E-state index is 13.0. The molecule has 1 fully saturated rings. The minimum atomic E-state index is -0.628. The number of aromatic amines is 1. The van der Waals surface area contributed by atoms with Gasteiger partial charge in [0.2, 0.25) is 5.56 Å². The summed E-state index contributed by atoms with van der Waals surface area (Å²) in [6.45, 7) is 6.40. The zero-order valence-corrected chi connectivity index (χ0v) is 15.9. The first-order valence-electron chi connectivity index (χ1n) is 9.11. The van der Waals surface area contributed by atoms with Crippen molar-refractivity contribution < 1.29 is 18.9 Å². The molecular formula is C18H23N6O4+. The number of carbonyl (C=O) groups excluding carboxylic acids is 1. The van der Waals surface area contributed by atoms with E-state index in [1.54, 1.807) is 10.6 Å². The van der Waals surface area contributed by atoms with E-state index < -0.39 is 11.5 Å². The second-order valence-corrected chi connectivity index (χ2v) is 8.22. The van der Waals surface area contributed by atoms with Gasteiger partial charge in [-0.05, 0) is 18.3 Å². The molecule has 3 aromatic heterocycles. The third-order valence-electron chi connectivity index (χ3n) is 4.35. The Morgan fingerprint density at radius 2 is 2.21 bits per heavy atom. The largest absolute Gasteiger partial charge is 0.477 e. The highest BCUT2D eigenvalue weighted by Gasteiger charge is 2.34. The molecule has 148 valence electrons. The molecule has 10 heteroatoms. The Bertz CT molecular complexity index is 1090. The molecule has 0 bridgehead atoms. The molecule has 0 aliphatic heterocycles. The number of carbonyl (C=O) groups is 1. The lowest BCUT2D eigenvalue weighted by Gasteiger charge is -2.17. The van der Waals surface area contributed by atoms with Gasteiger partial charge in [0.25, 0.3) is 11.9 Å². The van der Waals surface area contributed by atoms with Crippen molar-refractivity contribution in [1.29, 1.82) is 0 Å². The van der Waals surface area contributed by atoms with Gasteiger partial charge in [-0.15, -0.1) is 0 Å². The van der Waals surface area contributed by atoms with Crippen LogP contribution in [-0.2, 0) is 6.54 Å². The van der Waals surface area contributed by atoms with E-state index in [9.17, 15) is 14.7 Å². The van der Waals surface area contributed by atoms with Crippen molar-refractivity contribution in [2.24, 2.45) is 5.41 Å². The Labute approximate surface area is 160 Å². The van der Waals surface area contributed by atoms with Gasteiger partial charge >= 0.3 is 17.1 Å². The van der Waals surface area contributed by atoms with Gasteiger partial charge < -0.3 is 14.8 Å². The molecule has 1 amide bonds. The standard InChI is InChI=1S/C18H22N6O4/c1-18(2,3)9-23-12-8-11(21-17-19-6-7-28-17)22-24(12)16(27)13(15(23)26)14(25)20-10-4-5-10/h6-8,10H,4-5,9H2,1-3H3,(H3,19,20,21,22,25,26,27)/p+1. The van der Waals surface area contributed by atoms with Crippen molar-refractivity contribution in [2.45, 2.75) is 46.2 Å². The van der Waals surface area contributed by atoms with Gasteiger partial charge in [-0.1, -0.05) is 25.3 Å². The summed E-state index contributed by atoms with van der Waals surface area (Å²) < 4.78 is 7.95. The van der Waals surface area contributed by atoms with Gasteiger partial charge in [0, 0.05) is 6.04 Å². The van der Waals surface area contributed by atoms with Crippen molar-refractivity contribution in [3.8, 4) is 5.88 Å². The van der Waals surface area contributed by atoms with E-state index in [2.05, 4.69) is 20.7 Å². The molecule has 0 atom stereocenters. The Morgan fingerprint density at radius 3 is 2.82 bits per heavy atom. The van der Waals surface area contributed by atoms with Crippen LogP contribution in [0.5, 0.6) is 5.88 Å². The fourth-order valence-electron chi connectivity index (χ4n) is 2.99. The molecule has 0 saturated heterocycles. The molecule has 1 aliphatic rings. The van der Waals surface area contributed by atoms with Gasteiger partial charge in [0.1, 0.15) is 6.26 Å². The number of anilines is 2. The van der Waals surface area contributed by atoms with Crippen LogP contribution >= 0.6 is 0 Å². The summed E-state index contributed by atoms with van der Waals surface area (Å²) >= 11 is 0. The summed E-state index contributed by atoms with van der Waals surface area (Å²) in [6.07, 6.45) is 4.67. The predicted molar refractivity (Wildman–Crippen MR) is 99.6 cm³/mol. The number of hydrogen-bond donors (Lipinski definition) is 4. The minimum absolute atomic E-state index is 0.0639. The smallest absolute Gasteiger partial charge is 0.378 e. The highest BCUT2D eigenvalue weighted by Crippen LogP contribution is 2.22. The summed E-state index contributed by atoms with van der Waals surface area (Å²) in [5.74, 6) is -0.486. The molecule has 0 spiro atoms. The average molecular weight is 387 g/mol. The van der Waals surface area contributed by atoms with Crippen molar-refractivity contribution in [1.82, 2.24) is 19.9 Å². The van der Waals surface area contributed by atoms with Crippen molar-refractivity contribution >= 4 is 23.4 Å². The van der Waals surface area contributed by atoms with Gasteiger partial charge in [0.05, 0.1) is 18.8 Å². The normalized spacial score (nSPS) is 14.4. The van der Waals surface area contributed by atoms with Crippen LogP contribution in [0.1, 0.15) is 44.0 Å². The van der Waals surface area contributed by atoms with E-state index >= 15 is 0 Å². The minimum Gasteiger partial charge on any atom is -0.477 e. The first kappa shape index (κ1) is 18.1. The Morgan fingerprint density at radius 1 is 1.46 bits per heavy atom. The Kier molecular flexibility index (Phi) is 4.13. The first-order valence-corrected chi connectivity index (χ1v) is 9.11. The van der Waals surface area contributed by atoms with E-state index in [-0.39, 0.29) is 28.9 Å². The highest BCUT2D eigenvalue weighted by atomic mass is 16.4. The quantitative estimate of drug-likeness (QED) is 0.488. The number of H-pyrrole nitrogens is 1. The Balaban J connectivity index is 1.86. The van der Waals surface area contributed by atoms with E-state index in [4.69, 9.17) is 4.42 Å². The molecule has 1 aliphatic carbocycles. The zero-order chi connectivity index (χ0) is 20.1. The van der Waals surface area contributed by atoms with Gasteiger partial charge in [-0.25, -0.2) is 14.9 Å². The molecule has 4 N–H and O–H groups in total. The van der Waals surface area contributed by atoms with Crippen LogP contribution in [0.3, 0.4) is 0 Å². The summed E-state index contributed by atoms with van der Waals surface area (Å²) in [4.78, 5) is 29.5. The van der Waals surface area contributed by atoms with Gasteiger partial charge in [0.15, 0.2) is 5.82 Å².